The zero-order chi connectivity index (χ0) is 22.7. The second-order valence-corrected chi connectivity index (χ2v) is 8.94. The summed E-state index contributed by atoms with van der Waals surface area (Å²) < 4.78 is 0. The number of benzene rings is 1. The SMILES string of the molecule is Cc1nc(Nc2ncc(C(=O)Nc3cc(Cl)ccc3C)s2)cc(N2CCN(CO)CC2)n1. The molecule has 9 nitrogen and oxygen atoms in total. The van der Waals surface area contributed by atoms with Gasteiger partial charge in [0.05, 0.1) is 12.9 Å². The molecule has 0 unspecified atom stereocenters. The summed E-state index contributed by atoms with van der Waals surface area (Å²) in [5.74, 6) is 1.83. The molecule has 11 heteroatoms. The van der Waals surface area contributed by atoms with Crippen molar-refractivity contribution in [1.82, 2.24) is 19.9 Å². The van der Waals surface area contributed by atoms with Crippen LogP contribution in [0.5, 0.6) is 0 Å². The van der Waals surface area contributed by atoms with Gasteiger partial charge in [-0.05, 0) is 31.5 Å². The van der Waals surface area contributed by atoms with E-state index in [0.29, 0.717) is 32.4 Å². The molecule has 1 fully saturated rings. The van der Waals surface area contributed by atoms with E-state index in [-0.39, 0.29) is 12.6 Å². The van der Waals surface area contributed by atoms with Crippen LogP contribution in [0.2, 0.25) is 5.02 Å². The number of nitrogens with zero attached hydrogens (tertiary/aromatic N) is 5. The number of hydrogen-bond donors (Lipinski definition) is 3. The van der Waals surface area contributed by atoms with Crippen LogP contribution in [0.3, 0.4) is 0 Å². The molecular formula is C21H24ClN7O2S. The van der Waals surface area contributed by atoms with Crippen molar-refractivity contribution < 1.29 is 9.90 Å². The van der Waals surface area contributed by atoms with Crippen LogP contribution in [0.15, 0.2) is 30.5 Å². The fraction of sp³-hybridized carbons (Fsp3) is 0.333. The summed E-state index contributed by atoms with van der Waals surface area (Å²) in [5.41, 5.74) is 1.59. The summed E-state index contributed by atoms with van der Waals surface area (Å²) in [5, 5.41) is 16.5. The minimum Gasteiger partial charge on any atom is -0.381 e. The van der Waals surface area contributed by atoms with Crippen molar-refractivity contribution in [2.45, 2.75) is 13.8 Å². The highest BCUT2D eigenvalue weighted by Gasteiger charge is 2.19. The van der Waals surface area contributed by atoms with Crippen molar-refractivity contribution in [2.75, 3.05) is 48.4 Å². The van der Waals surface area contributed by atoms with Crippen molar-refractivity contribution >= 4 is 51.3 Å². The van der Waals surface area contributed by atoms with E-state index in [1.165, 1.54) is 17.5 Å². The van der Waals surface area contributed by atoms with E-state index in [4.69, 9.17) is 11.6 Å². The van der Waals surface area contributed by atoms with Crippen LogP contribution in [0.25, 0.3) is 0 Å². The Hall–Kier alpha value is -2.79. The molecule has 3 aromatic rings. The molecule has 32 heavy (non-hydrogen) atoms. The molecule has 2 aromatic heterocycles. The van der Waals surface area contributed by atoms with Crippen LogP contribution >= 0.6 is 22.9 Å². The third-order valence-electron chi connectivity index (χ3n) is 5.13. The molecule has 1 aliphatic heterocycles. The lowest BCUT2D eigenvalue weighted by atomic mass is 10.2. The normalized spacial score (nSPS) is 14.4. The summed E-state index contributed by atoms with van der Waals surface area (Å²) >= 11 is 7.28. The first kappa shape index (κ1) is 22.4. The van der Waals surface area contributed by atoms with E-state index in [9.17, 15) is 9.90 Å². The molecule has 0 aliphatic carbocycles. The van der Waals surface area contributed by atoms with E-state index in [1.54, 1.807) is 12.1 Å². The molecule has 4 rings (SSSR count). The van der Waals surface area contributed by atoms with E-state index >= 15 is 0 Å². The molecule has 1 aliphatic rings. The molecule has 1 aromatic carbocycles. The lowest BCUT2D eigenvalue weighted by molar-refractivity contribution is 0.102. The zero-order valence-electron chi connectivity index (χ0n) is 17.8. The van der Waals surface area contributed by atoms with Gasteiger partial charge in [0.15, 0.2) is 5.13 Å². The number of nitrogens with one attached hydrogen (secondary N) is 2. The Morgan fingerprint density at radius 3 is 2.72 bits per heavy atom. The number of carbonyl (C=O) groups excluding carboxylic acids is 1. The third kappa shape index (κ3) is 5.33. The number of thiazole rings is 1. The van der Waals surface area contributed by atoms with E-state index in [1.807, 2.05) is 30.9 Å². The van der Waals surface area contributed by atoms with Crippen LogP contribution in [-0.2, 0) is 0 Å². The summed E-state index contributed by atoms with van der Waals surface area (Å²) in [6, 6.07) is 7.24. The topological polar surface area (TPSA) is 107 Å². The van der Waals surface area contributed by atoms with Crippen LogP contribution in [-0.4, -0.2) is 63.8 Å². The van der Waals surface area contributed by atoms with Gasteiger partial charge < -0.3 is 20.6 Å². The third-order valence-corrected chi connectivity index (χ3v) is 6.28. The maximum absolute atomic E-state index is 12.6. The summed E-state index contributed by atoms with van der Waals surface area (Å²) in [4.78, 5) is 30.6. The van der Waals surface area contributed by atoms with Crippen LogP contribution in [0.1, 0.15) is 21.1 Å². The van der Waals surface area contributed by atoms with E-state index in [0.717, 1.165) is 37.6 Å². The smallest absolute Gasteiger partial charge is 0.267 e. The predicted molar refractivity (Wildman–Crippen MR) is 127 cm³/mol. The lowest BCUT2D eigenvalue weighted by Crippen LogP contribution is -2.47. The van der Waals surface area contributed by atoms with Gasteiger partial charge >= 0.3 is 0 Å². The number of aryl methyl sites for hydroxylation is 2. The number of piperazine rings is 1. The van der Waals surface area contributed by atoms with E-state index in [2.05, 4.69) is 30.5 Å². The fourth-order valence-electron chi connectivity index (χ4n) is 3.36. The largest absolute Gasteiger partial charge is 0.381 e. The number of aromatic nitrogens is 3. The predicted octanol–water partition coefficient (Wildman–Crippen LogP) is 3.27. The Balaban J connectivity index is 1.44. The highest BCUT2D eigenvalue weighted by atomic mass is 35.5. The first-order valence-electron chi connectivity index (χ1n) is 10.2. The number of amides is 1. The number of aliphatic hydroxyl groups excluding tert-OH is 1. The number of aliphatic hydroxyl groups is 1. The zero-order valence-corrected chi connectivity index (χ0v) is 19.4. The molecule has 0 bridgehead atoms. The Morgan fingerprint density at radius 1 is 1.19 bits per heavy atom. The molecule has 0 spiro atoms. The number of anilines is 4. The highest BCUT2D eigenvalue weighted by Crippen LogP contribution is 2.26. The Morgan fingerprint density at radius 2 is 1.97 bits per heavy atom. The second-order valence-electron chi connectivity index (χ2n) is 7.47. The van der Waals surface area contributed by atoms with Crippen molar-refractivity contribution in [3.8, 4) is 0 Å². The molecule has 0 radical (unpaired) electrons. The molecular weight excluding hydrogens is 450 g/mol. The van der Waals surface area contributed by atoms with Crippen molar-refractivity contribution in [3.63, 3.8) is 0 Å². The minimum atomic E-state index is -0.248. The first-order valence-corrected chi connectivity index (χ1v) is 11.3. The Labute approximate surface area is 195 Å². The number of hydrogen-bond acceptors (Lipinski definition) is 9. The van der Waals surface area contributed by atoms with Gasteiger partial charge in [-0.3, -0.25) is 9.69 Å². The monoisotopic (exact) mass is 473 g/mol. The maximum atomic E-state index is 12.6. The average Bonchev–Trinajstić information content (AvgIpc) is 3.24. The number of rotatable bonds is 6. The van der Waals surface area contributed by atoms with Crippen molar-refractivity contribution in [1.29, 1.82) is 0 Å². The van der Waals surface area contributed by atoms with Crippen molar-refractivity contribution in [3.05, 3.63) is 51.7 Å². The minimum absolute atomic E-state index is 0.0697. The highest BCUT2D eigenvalue weighted by molar-refractivity contribution is 7.17. The van der Waals surface area contributed by atoms with Gasteiger partial charge in [0.2, 0.25) is 0 Å². The average molecular weight is 474 g/mol. The second kappa shape index (κ2) is 9.78. The van der Waals surface area contributed by atoms with Crippen LogP contribution in [0.4, 0.5) is 22.5 Å². The first-order chi connectivity index (χ1) is 15.4. The quantitative estimate of drug-likeness (QED) is 0.500. The number of halogens is 1. The molecule has 1 amide bonds. The van der Waals surface area contributed by atoms with Crippen molar-refractivity contribution in [2.24, 2.45) is 0 Å². The Bertz CT molecular complexity index is 1120. The van der Waals surface area contributed by atoms with Gasteiger partial charge in [-0.15, -0.1) is 0 Å². The van der Waals surface area contributed by atoms with Gasteiger partial charge in [-0.2, -0.15) is 0 Å². The summed E-state index contributed by atoms with van der Waals surface area (Å²) in [6.07, 6.45) is 1.53. The Kier molecular flexibility index (Phi) is 6.85. The molecule has 3 N–H and O–H groups in total. The lowest BCUT2D eigenvalue weighted by Gasteiger charge is -2.34. The summed E-state index contributed by atoms with van der Waals surface area (Å²) in [7, 11) is 0. The van der Waals surface area contributed by atoms with Gasteiger partial charge in [-0.25, -0.2) is 15.0 Å². The van der Waals surface area contributed by atoms with E-state index < -0.39 is 0 Å². The maximum Gasteiger partial charge on any atom is 0.267 e. The van der Waals surface area contributed by atoms with Gasteiger partial charge in [0, 0.05) is 43.0 Å². The summed E-state index contributed by atoms with van der Waals surface area (Å²) in [6.45, 7) is 6.93. The van der Waals surface area contributed by atoms with Gasteiger partial charge in [-0.1, -0.05) is 29.0 Å². The standard InChI is InChI=1S/C21H24ClN7O2S/c1-13-3-4-15(22)9-16(13)26-20(31)17-11-23-21(32-17)27-18-10-19(25-14(2)24-18)29-7-5-28(12-30)6-8-29/h3-4,9-11,30H,5-8,12H2,1-2H3,(H,26,31)(H,23,24,25,27). The molecule has 0 atom stereocenters. The van der Waals surface area contributed by atoms with Gasteiger partial charge in [0.25, 0.3) is 5.91 Å². The fourth-order valence-corrected chi connectivity index (χ4v) is 4.25. The molecule has 0 saturated carbocycles. The van der Waals surface area contributed by atoms with Crippen LogP contribution < -0.4 is 15.5 Å². The number of carbonyl (C=O) groups is 1. The molecule has 3 heterocycles. The molecule has 168 valence electrons. The van der Waals surface area contributed by atoms with Gasteiger partial charge in [0.1, 0.15) is 22.3 Å². The van der Waals surface area contributed by atoms with Crippen LogP contribution in [0, 0.1) is 13.8 Å². The molecule has 1 saturated heterocycles.